The SMILES string of the molecule is C#CCc1c(CN)cccc1C1=C2C=CC(Cl)=CC2ON1O. The minimum absolute atomic E-state index is 0.380. The van der Waals surface area contributed by atoms with Crippen LogP contribution in [0.3, 0.4) is 0 Å². The van der Waals surface area contributed by atoms with Crippen LogP contribution >= 0.6 is 11.6 Å². The van der Waals surface area contributed by atoms with E-state index in [0.717, 1.165) is 27.5 Å². The normalized spacial score (nSPS) is 20.0. The smallest absolute Gasteiger partial charge is 0.135 e. The molecule has 0 saturated carbocycles. The average molecular weight is 315 g/mol. The van der Waals surface area contributed by atoms with Crippen LogP contribution in [0, 0.1) is 12.3 Å². The van der Waals surface area contributed by atoms with Crippen molar-refractivity contribution in [1.82, 2.24) is 5.23 Å². The molecule has 0 spiro atoms. The maximum absolute atomic E-state index is 10.2. The quantitative estimate of drug-likeness (QED) is 0.842. The number of hydrogen-bond acceptors (Lipinski definition) is 4. The molecule has 0 amide bonds. The predicted molar refractivity (Wildman–Crippen MR) is 85.4 cm³/mol. The van der Waals surface area contributed by atoms with E-state index in [1.807, 2.05) is 24.3 Å². The van der Waals surface area contributed by atoms with Crippen LogP contribution in [0.1, 0.15) is 16.7 Å². The van der Waals surface area contributed by atoms with E-state index in [0.29, 0.717) is 23.7 Å². The molecule has 3 rings (SSSR count). The number of hydroxylamine groups is 2. The summed E-state index contributed by atoms with van der Waals surface area (Å²) in [5.41, 5.74) is 9.90. The number of rotatable bonds is 3. The molecule has 0 aromatic heterocycles. The lowest BCUT2D eigenvalue weighted by molar-refractivity contribution is -0.290. The first-order chi connectivity index (χ1) is 10.7. The van der Waals surface area contributed by atoms with Gasteiger partial charge in [0, 0.05) is 29.1 Å². The monoisotopic (exact) mass is 314 g/mol. The van der Waals surface area contributed by atoms with Crippen molar-refractivity contribution in [2.24, 2.45) is 5.73 Å². The van der Waals surface area contributed by atoms with Gasteiger partial charge >= 0.3 is 0 Å². The van der Waals surface area contributed by atoms with Crippen LogP contribution in [0.5, 0.6) is 0 Å². The third-order valence-electron chi connectivity index (χ3n) is 3.74. The van der Waals surface area contributed by atoms with E-state index in [2.05, 4.69) is 5.92 Å². The number of allylic oxidation sites excluding steroid dienone is 2. The lowest BCUT2D eigenvalue weighted by Crippen LogP contribution is -2.17. The summed E-state index contributed by atoms with van der Waals surface area (Å²) in [6, 6.07) is 5.72. The minimum Gasteiger partial charge on any atom is -0.326 e. The first-order valence-electron chi connectivity index (χ1n) is 6.85. The maximum Gasteiger partial charge on any atom is 0.135 e. The van der Waals surface area contributed by atoms with Crippen molar-refractivity contribution >= 4 is 17.3 Å². The molecule has 1 unspecified atom stereocenters. The summed E-state index contributed by atoms with van der Waals surface area (Å²) in [5.74, 6) is 2.65. The van der Waals surface area contributed by atoms with Gasteiger partial charge in [-0.3, -0.25) is 5.21 Å². The summed E-state index contributed by atoms with van der Waals surface area (Å²) in [6.45, 7) is 0.380. The Labute approximate surface area is 134 Å². The van der Waals surface area contributed by atoms with Gasteiger partial charge in [0.25, 0.3) is 0 Å². The van der Waals surface area contributed by atoms with E-state index in [1.165, 1.54) is 0 Å². The number of nitrogens with zero attached hydrogens (tertiary/aromatic N) is 1. The average Bonchev–Trinajstić information content (AvgIpc) is 2.82. The molecule has 1 aromatic carbocycles. The Morgan fingerprint density at radius 2 is 2.23 bits per heavy atom. The van der Waals surface area contributed by atoms with Crippen molar-refractivity contribution in [2.75, 3.05) is 0 Å². The molecule has 1 aliphatic carbocycles. The summed E-state index contributed by atoms with van der Waals surface area (Å²) in [6.07, 6.45) is 10.9. The van der Waals surface area contributed by atoms with Gasteiger partial charge in [0.2, 0.25) is 0 Å². The van der Waals surface area contributed by atoms with Gasteiger partial charge in [0.1, 0.15) is 11.8 Å². The van der Waals surface area contributed by atoms with Crippen LogP contribution in [-0.2, 0) is 17.8 Å². The van der Waals surface area contributed by atoms with Gasteiger partial charge in [-0.1, -0.05) is 35.9 Å². The summed E-state index contributed by atoms with van der Waals surface area (Å²) in [5, 5.41) is 11.5. The molecule has 0 bridgehead atoms. The molecule has 1 heterocycles. The van der Waals surface area contributed by atoms with Gasteiger partial charge in [-0.15, -0.1) is 17.6 Å². The highest BCUT2D eigenvalue weighted by Crippen LogP contribution is 2.38. The topological polar surface area (TPSA) is 58.7 Å². The zero-order chi connectivity index (χ0) is 15.7. The fourth-order valence-electron chi connectivity index (χ4n) is 2.74. The fraction of sp³-hybridized carbons (Fsp3) is 0.176. The van der Waals surface area contributed by atoms with E-state index < -0.39 is 6.10 Å². The molecule has 112 valence electrons. The van der Waals surface area contributed by atoms with Gasteiger partial charge in [0.15, 0.2) is 0 Å². The van der Waals surface area contributed by atoms with E-state index in [1.54, 1.807) is 12.2 Å². The minimum atomic E-state index is -0.405. The van der Waals surface area contributed by atoms with Gasteiger partial charge < -0.3 is 5.73 Å². The summed E-state index contributed by atoms with van der Waals surface area (Å²) >= 11 is 5.98. The molecule has 0 radical (unpaired) electrons. The zero-order valence-electron chi connectivity index (χ0n) is 11.8. The van der Waals surface area contributed by atoms with Crippen molar-refractivity contribution < 1.29 is 10.0 Å². The largest absolute Gasteiger partial charge is 0.326 e. The molecule has 0 fully saturated rings. The van der Waals surface area contributed by atoms with Crippen LogP contribution in [0.15, 0.2) is 47.0 Å². The molecule has 22 heavy (non-hydrogen) atoms. The van der Waals surface area contributed by atoms with Gasteiger partial charge in [0.05, 0.1) is 0 Å². The molecule has 2 aliphatic rings. The lowest BCUT2D eigenvalue weighted by Gasteiger charge is -2.17. The number of benzene rings is 1. The lowest BCUT2D eigenvalue weighted by atomic mass is 9.92. The van der Waals surface area contributed by atoms with E-state index in [-0.39, 0.29) is 0 Å². The third-order valence-corrected chi connectivity index (χ3v) is 4.00. The highest BCUT2D eigenvalue weighted by molar-refractivity contribution is 6.31. The zero-order valence-corrected chi connectivity index (χ0v) is 12.5. The highest BCUT2D eigenvalue weighted by atomic mass is 35.5. The molecule has 1 aromatic rings. The Morgan fingerprint density at radius 1 is 1.41 bits per heavy atom. The number of hydrogen-bond donors (Lipinski definition) is 2. The summed E-state index contributed by atoms with van der Waals surface area (Å²) < 4.78 is 0. The van der Waals surface area contributed by atoms with E-state index >= 15 is 0 Å². The second-order valence-corrected chi connectivity index (χ2v) is 5.45. The molecule has 3 N–H and O–H groups in total. The molecule has 1 atom stereocenters. The van der Waals surface area contributed by atoms with Gasteiger partial charge in [-0.05, 0) is 23.3 Å². The van der Waals surface area contributed by atoms with Crippen LogP contribution in [0.2, 0.25) is 0 Å². The van der Waals surface area contributed by atoms with E-state index in [4.69, 9.17) is 28.6 Å². The molecular formula is C17H15ClN2O2. The van der Waals surface area contributed by atoms with Crippen molar-refractivity contribution in [3.63, 3.8) is 0 Å². The Hall–Kier alpha value is -2.03. The number of halogens is 1. The molecule has 1 aliphatic heterocycles. The van der Waals surface area contributed by atoms with Gasteiger partial charge in [-0.25, -0.2) is 4.84 Å². The Balaban J connectivity index is 2.17. The first kappa shape index (κ1) is 14.9. The van der Waals surface area contributed by atoms with Crippen molar-refractivity contribution in [3.05, 3.63) is 63.7 Å². The van der Waals surface area contributed by atoms with Crippen molar-refractivity contribution in [1.29, 1.82) is 0 Å². The van der Waals surface area contributed by atoms with E-state index in [9.17, 15) is 5.21 Å². The first-order valence-corrected chi connectivity index (χ1v) is 7.23. The second kappa shape index (κ2) is 5.99. The Bertz CT molecular complexity index is 744. The molecular weight excluding hydrogens is 300 g/mol. The maximum atomic E-state index is 10.2. The van der Waals surface area contributed by atoms with Crippen LogP contribution in [0.4, 0.5) is 0 Å². The van der Waals surface area contributed by atoms with Crippen molar-refractivity contribution in [3.8, 4) is 12.3 Å². The standard InChI is InChI=1S/C17H15ClN2O2/c1-2-4-13-11(10-19)5-3-6-14(13)17-15-8-7-12(18)9-16(15)22-20(17)21/h1,3,5-9,16,21H,4,10,19H2. The second-order valence-electron chi connectivity index (χ2n) is 5.02. The fourth-order valence-corrected chi connectivity index (χ4v) is 2.92. The molecule has 0 saturated heterocycles. The molecule has 5 heteroatoms. The number of terminal acetylenes is 1. The Kier molecular flexibility index (Phi) is 4.06. The summed E-state index contributed by atoms with van der Waals surface area (Å²) in [7, 11) is 0. The van der Waals surface area contributed by atoms with Gasteiger partial charge in [-0.2, -0.15) is 0 Å². The van der Waals surface area contributed by atoms with Crippen molar-refractivity contribution in [2.45, 2.75) is 19.1 Å². The Morgan fingerprint density at radius 3 is 2.95 bits per heavy atom. The van der Waals surface area contributed by atoms with Crippen LogP contribution < -0.4 is 5.73 Å². The van der Waals surface area contributed by atoms with Crippen LogP contribution in [-0.4, -0.2) is 16.5 Å². The summed E-state index contributed by atoms with van der Waals surface area (Å²) in [4.78, 5) is 5.43. The molecule has 4 nitrogen and oxygen atoms in total. The van der Waals surface area contributed by atoms with Crippen LogP contribution in [0.25, 0.3) is 5.70 Å². The number of fused-ring (bicyclic) bond motifs is 1. The number of nitrogens with two attached hydrogens (primary N) is 1. The predicted octanol–water partition coefficient (Wildman–Crippen LogP) is 2.73. The highest BCUT2D eigenvalue weighted by Gasteiger charge is 2.33. The third kappa shape index (κ3) is 2.45.